The van der Waals surface area contributed by atoms with E-state index < -0.39 is 41.4 Å². The largest absolute Gasteiger partial charge is 0.480 e. The lowest BCUT2D eigenvalue weighted by molar-refractivity contribution is -0.152. The van der Waals surface area contributed by atoms with E-state index in [-0.39, 0.29) is 50.9 Å². The maximum Gasteiger partial charge on any atom is 0.323 e. The highest BCUT2D eigenvalue weighted by Gasteiger charge is 2.30. The maximum absolute atomic E-state index is 12.0. The van der Waals surface area contributed by atoms with Crippen LogP contribution in [0.2, 0.25) is 0 Å². The number of carboxylic acids is 1. The monoisotopic (exact) mass is 521 g/mol. The van der Waals surface area contributed by atoms with E-state index in [4.69, 9.17) is 37.5 Å². The predicted octanol–water partition coefficient (Wildman–Crippen LogP) is -3.78. The molecular weight excluding hydrogens is 486 g/mol. The molecule has 0 unspecified atom stereocenters. The standard InChI is InChI=1S/C19H35N7O8S/c20-12(16(30)31)3-4-14(28)26-19(10-27,11-35)9-24-8-15(29)33-6-7-34-17(32)13(21)2-1-5-25-18(22)23/h10,12-13,24,35H,1-9,11,20-21H2,(H,26,28)(H,30,31)(H4,22,23,25)/t12-,13-,19+/m0/s1. The Morgan fingerprint density at radius 3 is 2.31 bits per heavy atom. The minimum atomic E-state index is -1.43. The molecule has 0 spiro atoms. The molecule has 200 valence electrons. The Labute approximate surface area is 208 Å². The summed E-state index contributed by atoms with van der Waals surface area (Å²) in [6.07, 6.45) is 0.937. The van der Waals surface area contributed by atoms with Crippen LogP contribution >= 0.6 is 12.6 Å². The molecule has 0 radical (unpaired) electrons. The first-order valence-electron chi connectivity index (χ1n) is 10.7. The first-order chi connectivity index (χ1) is 16.5. The lowest BCUT2D eigenvalue weighted by Crippen LogP contribution is -2.58. The van der Waals surface area contributed by atoms with E-state index in [9.17, 15) is 24.0 Å². The van der Waals surface area contributed by atoms with Crippen molar-refractivity contribution in [1.82, 2.24) is 10.6 Å². The first-order valence-corrected chi connectivity index (χ1v) is 11.3. The topological polar surface area (TPSA) is 265 Å². The van der Waals surface area contributed by atoms with Crippen LogP contribution in [0.1, 0.15) is 25.7 Å². The minimum Gasteiger partial charge on any atom is -0.480 e. The zero-order valence-corrected chi connectivity index (χ0v) is 20.2. The van der Waals surface area contributed by atoms with E-state index in [0.29, 0.717) is 25.7 Å². The van der Waals surface area contributed by atoms with Crippen LogP contribution in [-0.4, -0.2) is 97.4 Å². The summed E-state index contributed by atoms with van der Waals surface area (Å²) in [6.45, 7) is -0.527. The van der Waals surface area contributed by atoms with Crippen molar-refractivity contribution in [2.24, 2.45) is 27.9 Å². The third-order valence-corrected chi connectivity index (χ3v) is 5.03. The quantitative estimate of drug-likeness (QED) is 0.0203. The van der Waals surface area contributed by atoms with Gasteiger partial charge < -0.3 is 52.9 Å². The number of carbonyl (C=O) groups is 5. The predicted molar refractivity (Wildman–Crippen MR) is 128 cm³/mol. The van der Waals surface area contributed by atoms with E-state index >= 15 is 0 Å². The highest BCUT2D eigenvalue weighted by Crippen LogP contribution is 2.05. The van der Waals surface area contributed by atoms with E-state index in [2.05, 4.69) is 28.3 Å². The van der Waals surface area contributed by atoms with Crippen molar-refractivity contribution >= 4 is 48.7 Å². The van der Waals surface area contributed by atoms with Crippen molar-refractivity contribution in [3.8, 4) is 0 Å². The second-order valence-corrected chi connectivity index (χ2v) is 7.83. The Bertz CT molecular complexity index is 751. The van der Waals surface area contributed by atoms with Crippen molar-refractivity contribution in [1.29, 1.82) is 0 Å². The van der Waals surface area contributed by atoms with Crippen LogP contribution in [0.15, 0.2) is 4.99 Å². The van der Waals surface area contributed by atoms with Gasteiger partial charge in [-0.25, -0.2) is 0 Å². The number of carboxylic acid groups (broad SMARTS) is 1. The molecule has 3 atom stereocenters. The van der Waals surface area contributed by atoms with Gasteiger partial charge in [-0.2, -0.15) is 12.6 Å². The Morgan fingerprint density at radius 2 is 1.74 bits per heavy atom. The third-order valence-electron chi connectivity index (χ3n) is 4.47. The number of hydrogen-bond acceptors (Lipinski definition) is 12. The number of nitrogens with one attached hydrogen (secondary N) is 2. The molecule has 15 nitrogen and oxygen atoms in total. The van der Waals surface area contributed by atoms with Gasteiger partial charge in [0, 0.05) is 25.3 Å². The number of nitrogens with zero attached hydrogens (tertiary/aromatic N) is 1. The second-order valence-electron chi connectivity index (χ2n) is 7.51. The fourth-order valence-corrected chi connectivity index (χ4v) is 2.74. The fraction of sp³-hybridized carbons (Fsp3) is 0.684. The highest BCUT2D eigenvalue weighted by atomic mass is 32.1. The summed E-state index contributed by atoms with van der Waals surface area (Å²) in [5.41, 5.74) is 20.0. The molecule has 0 fully saturated rings. The first kappa shape index (κ1) is 32.0. The lowest BCUT2D eigenvalue weighted by atomic mass is 10.0. The van der Waals surface area contributed by atoms with Crippen LogP contribution in [0.3, 0.4) is 0 Å². The molecule has 0 aliphatic carbocycles. The lowest BCUT2D eigenvalue weighted by Gasteiger charge is -2.28. The van der Waals surface area contributed by atoms with E-state index in [0.717, 1.165) is 0 Å². The smallest absolute Gasteiger partial charge is 0.323 e. The SMILES string of the molecule is NC(N)=NCCC[C@H](N)C(=O)OCCOC(=O)CNC[C@@](C=O)(CS)NC(=O)CC[C@H](N)C(=O)O. The molecule has 0 aromatic carbocycles. The van der Waals surface area contributed by atoms with Crippen molar-refractivity contribution in [3.63, 3.8) is 0 Å². The van der Waals surface area contributed by atoms with Gasteiger partial charge in [-0.1, -0.05) is 0 Å². The van der Waals surface area contributed by atoms with E-state index in [1.54, 1.807) is 0 Å². The zero-order valence-electron chi connectivity index (χ0n) is 19.3. The van der Waals surface area contributed by atoms with Crippen LogP contribution in [0.25, 0.3) is 0 Å². The van der Waals surface area contributed by atoms with E-state index in [1.165, 1.54) is 0 Å². The average molecular weight is 522 g/mol. The Kier molecular flexibility index (Phi) is 16.0. The van der Waals surface area contributed by atoms with Gasteiger partial charge in [0.15, 0.2) is 5.96 Å². The molecule has 0 saturated heterocycles. The van der Waals surface area contributed by atoms with Crippen molar-refractivity contribution in [3.05, 3.63) is 0 Å². The van der Waals surface area contributed by atoms with Gasteiger partial charge in [0.1, 0.15) is 37.1 Å². The Balaban J connectivity index is 4.25. The Hall–Kier alpha value is -2.95. The molecule has 0 rings (SSSR count). The number of thiol groups is 1. The summed E-state index contributed by atoms with van der Waals surface area (Å²) in [5.74, 6) is -3.33. The summed E-state index contributed by atoms with van der Waals surface area (Å²) in [6, 6.07) is -2.07. The average Bonchev–Trinajstić information content (AvgIpc) is 2.81. The van der Waals surface area contributed by atoms with Crippen LogP contribution in [0.5, 0.6) is 0 Å². The summed E-state index contributed by atoms with van der Waals surface area (Å²) < 4.78 is 9.85. The van der Waals surface area contributed by atoms with Gasteiger partial charge in [0.25, 0.3) is 0 Å². The Morgan fingerprint density at radius 1 is 1.09 bits per heavy atom. The number of ether oxygens (including phenoxy) is 2. The van der Waals surface area contributed by atoms with Crippen molar-refractivity contribution in [2.75, 3.05) is 38.6 Å². The zero-order chi connectivity index (χ0) is 26.9. The summed E-state index contributed by atoms with van der Waals surface area (Å²) in [5, 5.41) is 13.9. The van der Waals surface area contributed by atoms with E-state index in [1.807, 2.05) is 0 Å². The number of aldehydes is 1. The van der Waals surface area contributed by atoms with Crippen molar-refractivity contribution < 1.29 is 38.6 Å². The van der Waals surface area contributed by atoms with Gasteiger partial charge >= 0.3 is 17.9 Å². The molecule has 35 heavy (non-hydrogen) atoms. The van der Waals surface area contributed by atoms with Gasteiger partial charge in [-0.05, 0) is 19.3 Å². The second kappa shape index (κ2) is 17.5. The summed E-state index contributed by atoms with van der Waals surface area (Å²) >= 11 is 4.07. The molecule has 0 bridgehead atoms. The number of guanidine groups is 1. The highest BCUT2D eigenvalue weighted by molar-refractivity contribution is 7.80. The molecule has 0 aliphatic rings. The van der Waals surface area contributed by atoms with Gasteiger partial charge in [-0.3, -0.25) is 24.2 Å². The molecule has 11 N–H and O–H groups in total. The molecule has 16 heteroatoms. The number of esters is 2. The summed E-state index contributed by atoms with van der Waals surface area (Å²) in [7, 11) is 0. The third kappa shape index (κ3) is 14.8. The minimum absolute atomic E-state index is 0.0529. The molecule has 0 saturated carbocycles. The molecule has 0 heterocycles. The van der Waals surface area contributed by atoms with Gasteiger partial charge in [0.05, 0.1) is 6.54 Å². The summed E-state index contributed by atoms with van der Waals surface area (Å²) in [4.78, 5) is 61.7. The number of aliphatic imine (C=N–C) groups is 1. The fourth-order valence-electron chi connectivity index (χ4n) is 2.48. The molecule has 0 aromatic rings. The number of carbonyl (C=O) groups excluding carboxylic acids is 4. The maximum atomic E-state index is 12.0. The van der Waals surface area contributed by atoms with Gasteiger partial charge in [0.2, 0.25) is 5.91 Å². The normalized spacial score (nSPS) is 14.0. The molecule has 0 aromatic heterocycles. The number of amides is 1. The van der Waals surface area contributed by atoms with Crippen LogP contribution in [0, 0.1) is 0 Å². The molecule has 1 amide bonds. The van der Waals surface area contributed by atoms with Crippen LogP contribution < -0.4 is 33.6 Å². The van der Waals surface area contributed by atoms with Crippen LogP contribution in [-0.2, 0) is 33.4 Å². The number of rotatable bonds is 19. The van der Waals surface area contributed by atoms with Crippen molar-refractivity contribution in [2.45, 2.75) is 43.3 Å². The number of aliphatic carboxylic acids is 1. The van der Waals surface area contributed by atoms with Crippen LogP contribution in [0.4, 0.5) is 0 Å². The molecule has 0 aliphatic heterocycles. The van der Waals surface area contributed by atoms with Gasteiger partial charge in [-0.15, -0.1) is 0 Å². The molecular formula is C19H35N7O8S. The number of nitrogens with two attached hydrogens (primary N) is 4. The number of hydrogen-bond donors (Lipinski definition) is 8.